The lowest BCUT2D eigenvalue weighted by molar-refractivity contribution is -0.277. The summed E-state index contributed by atoms with van der Waals surface area (Å²) >= 11 is 6.10. The summed E-state index contributed by atoms with van der Waals surface area (Å²) in [7, 11) is 0. The molecule has 4 aromatic rings. The van der Waals surface area contributed by atoms with E-state index in [1.54, 1.807) is 6.92 Å². The standard InChI is InChI=1S/C42H48ClN3O7/c1-3-51-38(48)25-45-41(49)44-24-33-6-4-5-7-36(33)30-12-14-32(15-13-30)40-52-37(28(2)39(53-40)31-10-8-29(27-47)9-11-31)26-46-22-20-42(50,21-23-46)34-16-18-35(43)19-17-34/h4-19,28,37,39-40,47,50H,3,20-27H2,1-2H3,(H2,44,45,49)/t28-,37+,39+,40+/m1/s1. The molecule has 0 unspecified atom stereocenters. The van der Waals surface area contributed by atoms with Gasteiger partial charge in [-0.3, -0.25) is 4.79 Å². The van der Waals surface area contributed by atoms with Crippen molar-refractivity contribution in [3.8, 4) is 11.1 Å². The highest BCUT2D eigenvalue weighted by atomic mass is 35.5. The smallest absolute Gasteiger partial charge is 0.325 e. The number of piperidine rings is 1. The Balaban J connectivity index is 1.16. The highest BCUT2D eigenvalue weighted by molar-refractivity contribution is 6.30. The van der Waals surface area contributed by atoms with Gasteiger partial charge < -0.3 is 40.0 Å². The minimum Gasteiger partial charge on any atom is -0.465 e. The zero-order chi connectivity index (χ0) is 37.4. The van der Waals surface area contributed by atoms with E-state index in [4.69, 9.17) is 25.8 Å². The Hall–Kier alpha value is -4.29. The first-order chi connectivity index (χ1) is 25.7. The molecule has 2 aliphatic heterocycles. The van der Waals surface area contributed by atoms with E-state index in [1.807, 2.05) is 97.1 Å². The summed E-state index contributed by atoms with van der Waals surface area (Å²) in [6.45, 7) is 6.31. The number of benzene rings is 4. The van der Waals surface area contributed by atoms with Gasteiger partial charge in [-0.2, -0.15) is 0 Å². The fourth-order valence-electron chi connectivity index (χ4n) is 7.12. The Bertz CT molecular complexity index is 1810. The van der Waals surface area contributed by atoms with Crippen LogP contribution in [-0.2, 0) is 37.8 Å². The summed E-state index contributed by atoms with van der Waals surface area (Å²) in [6.07, 6.45) is 0.198. The number of nitrogens with one attached hydrogen (secondary N) is 2. The predicted molar refractivity (Wildman–Crippen MR) is 203 cm³/mol. The molecule has 2 heterocycles. The maximum Gasteiger partial charge on any atom is 0.325 e. The summed E-state index contributed by atoms with van der Waals surface area (Å²) in [5.74, 6) is -0.466. The van der Waals surface area contributed by atoms with Crippen molar-refractivity contribution < 1.29 is 34.0 Å². The van der Waals surface area contributed by atoms with Crippen molar-refractivity contribution in [2.45, 2.75) is 63.9 Å². The van der Waals surface area contributed by atoms with Gasteiger partial charge in [0.25, 0.3) is 0 Å². The molecule has 2 saturated heterocycles. The first-order valence-electron chi connectivity index (χ1n) is 18.2. The van der Waals surface area contributed by atoms with Crippen LogP contribution in [0, 0.1) is 5.92 Å². The SMILES string of the molecule is CCOC(=O)CNC(=O)NCc1ccccc1-c1ccc([C@H]2O[C@@H](CN3CCC(O)(c4ccc(Cl)cc4)CC3)[C@@H](C)[C@@H](c3ccc(CO)cc3)O2)cc1. The number of urea groups is 1. The second-order valence-electron chi connectivity index (χ2n) is 13.8. The largest absolute Gasteiger partial charge is 0.465 e. The molecular weight excluding hydrogens is 694 g/mol. The monoisotopic (exact) mass is 741 g/mol. The molecule has 2 aliphatic rings. The van der Waals surface area contributed by atoms with Crippen LogP contribution < -0.4 is 10.6 Å². The van der Waals surface area contributed by atoms with E-state index in [9.17, 15) is 19.8 Å². The molecular formula is C42H48ClN3O7. The van der Waals surface area contributed by atoms with Gasteiger partial charge in [-0.05, 0) is 65.3 Å². The van der Waals surface area contributed by atoms with Crippen LogP contribution in [-0.4, -0.2) is 66.0 Å². The molecule has 0 aromatic heterocycles. The third-order valence-corrected chi connectivity index (χ3v) is 10.5. The molecule has 0 bridgehead atoms. The van der Waals surface area contributed by atoms with Crippen LogP contribution in [0.15, 0.2) is 97.1 Å². The van der Waals surface area contributed by atoms with Crippen molar-refractivity contribution in [2.75, 3.05) is 32.8 Å². The average molecular weight is 742 g/mol. The number of nitrogens with zero attached hydrogens (tertiary/aromatic N) is 1. The quantitative estimate of drug-likeness (QED) is 0.119. The Morgan fingerprint density at radius 1 is 0.906 bits per heavy atom. The van der Waals surface area contributed by atoms with Gasteiger partial charge in [-0.1, -0.05) is 103 Å². The van der Waals surface area contributed by atoms with Crippen LogP contribution >= 0.6 is 11.6 Å². The second-order valence-corrected chi connectivity index (χ2v) is 14.2. The zero-order valence-electron chi connectivity index (χ0n) is 30.2. The Kier molecular flexibility index (Phi) is 12.8. The van der Waals surface area contributed by atoms with Crippen molar-refractivity contribution in [2.24, 2.45) is 5.92 Å². The number of halogens is 1. The number of hydrogen-bond donors (Lipinski definition) is 4. The van der Waals surface area contributed by atoms with E-state index in [2.05, 4.69) is 22.5 Å². The van der Waals surface area contributed by atoms with Crippen molar-refractivity contribution in [3.63, 3.8) is 0 Å². The number of carbonyl (C=O) groups excluding carboxylic acids is 2. The van der Waals surface area contributed by atoms with E-state index in [0.29, 0.717) is 24.4 Å². The summed E-state index contributed by atoms with van der Waals surface area (Å²) < 4.78 is 18.3. The Labute approximate surface area is 316 Å². The summed E-state index contributed by atoms with van der Waals surface area (Å²) in [6, 6.07) is 30.8. The number of aliphatic hydroxyl groups excluding tert-OH is 1. The molecule has 0 radical (unpaired) electrons. The van der Waals surface area contributed by atoms with Crippen molar-refractivity contribution in [1.29, 1.82) is 0 Å². The van der Waals surface area contributed by atoms with E-state index >= 15 is 0 Å². The molecule has 4 aromatic carbocycles. The molecule has 11 heteroatoms. The zero-order valence-corrected chi connectivity index (χ0v) is 30.9. The van der Waals surface area contributed by atoms with Crippen LogP contribution in [0.4, 0.5) is 4.79 Å². The Morgan fingerprint density at radius 3 is 2.26 bits per heavy atom. The van der Waals surface area contributed by atoms with Gasteiger partial charge in [-0.15, -0.1) is 0 Å². The second kappa shape index (κ2) is 17.7. The summed E-state index contributed by atoms with van der Waals surface area (Å²) in [5.41, 5.74) is 5.59. The van der Waals surface area contributed by atoms with Gasteiger partial charge in [0.15, 0.2) is 6.29 Å². The number of hydrogen-bond acceptors (Lipinski definition) is 8. The van der Waals surface area contributed by atoms with Crippen molar-refractivity contribution >= 4 is 23.6 Å². The highest BCUT2D eigenvalue weighted by Crippen LogP contribution is 2.43. The lowest BCUT2D eigenvalue weighted by atomic mass is 9.84. The maximum absolute atomic E-state index is 12.3. The molecule has 6 rings (SSSR count). The molecule has 2 fully saturated rings. The first-order valence-corrected chi connectivity index (χ1v) is 18.6. The van der Waals surface area contributed by atoms with E-state index in [-0.39, 0.29) is 44.4 Å². The van der Waals surface area contributed by atoms with Gasteiger partial charge >= 0.3 is 12.0 Å². The number of carbonyl (C=O) groups is 2. The van der Waals surface area contributed by atoms with Gasteiger partial charge in [0, 0.05) is 42.7 Å². The fraction of sp³-hybridized carbons (Fsp3) is 0.381. The highest BCUT2D eigenvalue weighted by Gasteiger charge is 2.41. The molecule has 10 nitrogen and oxygen atoms in total. The number of ether oxygens (including phenoxy) is 3. The lowest BCUT2D eigenvalue weighted by Gasteiger charge is -2.45. The third kappa shape index (κ3) is 9.64. The van der Waals surface area contributed by atoms with Gasteiger partial charge in [0.2, 0.25) is 0 Å². The van der Waals surface area contributed by atoms with Gasteiger partial charge in [0.05, 0.1) is 31.0 Å². The van der Waals surface area contributed by atoms with Crippen LogP contribution in [0.25, 0.3) is 11.1 Å². The summed E-state index contributed by atoms with van der Waals surface area (Å²) in [5, 5.41) is 27.1. The van der Waals surface area contributed by atoms with Gasteiger partial charge in [-0.25, -0.2) is 4.79 Å². The predicted octanol–water partition coefficient (Wildman–Crippen LogP) is 6.64. The molecule has 4 N–H and O–H groups in total. The third-order valence-electron chi connectivity index (χ3n) is 10.3. The van der Waals surface area contributed by atoms with Crippen LogP contribution in [0.5, 0.6) is 0 Å². The molecule has 0 spiro atoms. The number of likely N-dealkylation sites (tertiary alicyclic amines) is 1. The van der Waals surface area contributed by atoms with E-state index in [0.717, 1.165) is 52.0 Å². The first kappa shape index (κ1) is 38.4. The normalized spacial score (nSPS) is 21.5. The summed E-state index contributed by atoms with van der Waals surface area (Å²) in [4.78, 5) is 26.3. The molecule has 0 saturated carbocycles. The van der Waals surface area contributed by atoms with Crippen LogP contribution in [0.2, 0.25) is 5.02 Å². The molecule has 280 valence electrons. The average Bonchev–Trinajstić information content (AvgIpc) is 3.18. The molecule has 0 aliphatic carbocycles. The molecule has 53 heavy (non-hydrogen) atoms. The minimum atomic E-state index is -0.893. The Morgan fingerprint density at radius 2 is 1.58 bits per heavy atom. The number of amides is 2. The lowest BCUT2D eigenvalue weighted by Crippen LogP contribution is -2.49. The minimum absolute atomic E-state index is 0.0245. The molecule has 2 amide bonds. The number of esters is 1. The van der Waals surface area contributed by atoms with Crippen LogP contribution in [0.3, 0.4) is 0 Å². The molecule has 4 atom stereocenters. The van der Waals surface area contributed by atoms with Crippen LogP contribution in [0.1, 0.15) is 66.9 Å². The van der Waals surface area contributed by atoms with Crippen molar-refractivity contribution in [1.82, 2.24) is 15.5 Å². The van der Waals surface area contributed by atoms with E-state index in [1.165, 1.54) is 0 Å². The fourth-order valence-corrected chi connectivity index (χ4v) is 7.24. The van der Waals surface area contributed by atoms with E-state index < -0.39 is 23.9 Å². The topological polar surface area (TPSA) is 130 Å². The number of aliphatic hydroxyl groups is 2. The maximum atomic E-state index is 12.3. The van der Waals surface area contributed by atoms with Gasteiger partial charge in [0.1, 0.15) is 6.54 Å². The van der Waals surface area contributed by atoms with Crippen molar-refractivity contribution in [3.05, 3.63) is 130 Å². The number of rotatable bonds is 12.